The summed E-state index contributed by atoms with van der Waals surface area (Å²) in [5.41, 5.74) is 0.0171. The van der Waals surface area contributed by atoms with Crippen molar-refractivity contribution in [2.45, 2.75) is 12.2 Å². The Bertz CT molecular complexity index is 620. The normalized spacial score (nSPS) is 12.6. The van der Waals surface area contributed by atoms with Gasteiger partial charge in [-0.3, -0.25) is 4.79 Å². The Morgan fingerprint density at radius 2 is 2.11 bits per heavy atom. The van der Waals surface area contributed by atoms with E-state index in [4.69, 9.17) is 5.26 Å². The van der Waals surface area contributed by atoms with Crippen LogP contribution in [-0.2, 0) is 14.6 Å². The van der Waals surface area contributed by atoms with Crippen molar-refractivity contribution in [1.29, 1.82) is 5.26 Å². The van der Waals surface area contributed by atoms with Gasteiger partial charge in [-0.1, -0.05) is 0 Å². The van der Waals surface area contributed by atoms with E-state index in [1.165, 1.54) is 13.0 Å². The number of carbonyl (C=O) groups is 1. The summed E-state index contributed by atoms with van der Waals surface area (Å²) in [7, 11) is -3.52. The van der Waals surface area contributed by atoms with Gasteiger partial charge in [-0.05, 0) is 25.1 Å². The molecule has 1 aromatic carbocycles. The monoisotopic (exact) mass is 270 g/mol. The van der Waals surface area contributed by atoms with Gasteiger partial charge in [0.25, 0.3) is 0 Å². The summed E-state index contributed by atoms with van der Waals surface area (Å²) in [5, 5.41) is 9.81. The van der Waals surface area contributed by atoms with Crippen molar-refractivity contribution >= 4 is 21.4 Å². The molecule has 1 N–H and O–H groups in total. The number of sulfone groups is 1. The van der Waals surface area contributed by atoms with E-state index in [2.05, 4.69) is 5.32 Å². The minimum Gasteiger partial charge on any atom is -0.324 e. The lowest BCUT2D eigenvalue weighted by molar-refractivity contribution is -0.115. The number of halogens is 1. The van der Waals surface area contributed by atoms with Gasteiger partial charge in [0.15, 0.2) is 9.84 Å². The highest BCUT2D eigenvalue weighted by atomic mass is 32.2. The zero-order chi connectivity index (χ0) is 13.9. The molecule has 1 rings (SSSR count). The van der Waals surface area contributed by atoms with Crippen LogP contribution < -0.4 is 5.32 Å². The van der Waals surface area contributed by atoms with Gasteiger partial charge in [-0.25, -0.2) is 12.8 Å². The molecule has 5 nitrogen and oxygen atoms in total. The van der Waals surface area contributed by atoms with Gasteiger partial charge in [-0.15, -0.1) is 0 Å². The number of anilines is 1. The molecule has 1 atom stereocenters. The number of rotatable bonds is 3. The number of hydrogen-bond acceptors (Lipinski definition) is 4. The third-order valence-corrected chi connectivity index (χ3v) is 3.87. The van der Waals surface area contributed by atoms with Crippen LogP contribution in [0.1, 0.15) is 12.5 Å². The van der Waals surface area contributed by atoms with Crippen LogP contribution >= 0.6 is 0 Å². The van der Waals surface area contributed by atoms with Crippen LogP contribution in [0.4, 0.5) is 10.1 Å². The third kappa shape index (κ3) is 3.28. The number of hydrogen-bond donors (Lipinski definition) is 1. The maximum Gasteiger partial charge on any atom is 0.242 e. The van der Waals surface area contributed by atoms with Crippen LogP contribution in [0.3, 0.4) is 0 Å². The quantitative estimate of drug-likeness (QED) is 0.890. The van der Waals surface area contributed by atoms with Crippen molar-refractivity contribution in [2.24, 2.45) is 0 Å². The highest BCUT2D eigenvalue weighted by Crippen LogP contribution is 2.16. The Hall–Kier alpha value is -1.94. The first kappa shape index (κ1) is 14.1. The van der Waals surface area contributed by atoms with Crippen LogP contribution in [0.15, 0.2) is 18.2 Å². The molecule has 1 amide bonds. The molecule has 1 aromatic rings. The van der Waals surface area contributed by atoms with Gasteiger partial charge in [0.2, 0.25) is 5.91 Å². The van der Waals surface area contributed by atoms with Crippen LogP contribution in [0.25, 0.3) is 0 Å². The molecule has 0 heterocycles. The average Bonchev–Trinajstić information content (AvgIpc) is 2.29. The molecule has 0 fully saturated rings. The molecule has 0 bridgehead atoms. The van der Waals surface area contributed by atoms with Gasteiger partial charge in [0.1, 0.15) is 17.1 Å². The SMILES string of the molecule is CC(C(=O)Nc1ccc(F)cc1C#N)S(C)(=O)=O. The number of nitriles is 1. The second-order valence-corrected chi connectivity index (χ2v) is 6.13. The van der Waals surface area contributed by atoms with Crippen molar-refractivity contribution < 1.29 is 17.6 Å². The summed E-state index contributed by atoms with van der Waals surface area (Å²) >= 11 is 0. The summed E-state index contributed by atoms with van der Waals surface area (Å²) in [6.07, 6.45) is 0.938. The van der Waals surface area contributed by atoms with Gasteiger partial charge < -0.3 is 5.32 Å². The standard InChI is InChI=1S/C11H11FN2O3S/c1-7(18(2,16)17)11(15)14-10-4-3-9(12)5-8(10)6-13/h3-5,7H,1-2H3,(H,14,15). The van der Waals surface area contributed by atoms with E-state index in [9.17, 15) is 17.6 Å². The van der Waals surface area contributed by atoms with E-state index < -0.39 is 26.8 Å². The molecule has 0 radical (unpaired) electrons. The first-order valence-corrected chi connectivity index (χ1v) is 6.90. The molecular weight excluding hydrogens is 259 g/mol. The van der Waals surface area contributed by atoms with E-state index >= 15 is 0 Å². The van der Waals surface area contributed by atoms with Gasteiger partial charge in [-0.2, -0.15) is 5.26 Å². The first-order chi connectivity index (χ1) is 8.25. The maximum atomic E-state index is 12.9. The number of amides is 1. The van der Waals surface area contributed by atoms with E-state index in [0.29, 0.717) is 0 Å². The van der Waals surface area contributed by atoms with Gasteiger partial charge >= 0.3 is 0 Å². The highest BCUT2D eigenvalue weighted by Gasteiger charge is 2.24. The zero-order valence-corrected chi connectivity index (χ0v) is 10.6. The lowest BCUT2D eigenvalue weighted by Crippen LogP contribution is -2.32. The van der Waals surface area contributed by atoms with Crippen LogP contribution in [0, 0.1) is 17.1 Å². The van der Waals surface area contributed by atoms with E-state index in [1.807, 2.05) is 0 Å². The zero-order valence-electron chi connectivity index (χ0n) is 9.77. The Labute approximate surface area is 104 Å². The van der Waals surface area contributed by atoms with E-state index in [1.54, 1.807) is 6.07 Å². The summed E-state index contributed by atoms with van der Waals surface area (Å²) in [5.74, 6) is -1.37. The van der Waals surface area contributed by atoms with Crippen molar-refractivity contribution in [1.82, 2.24) is 0 Å². The number of nitrogens with zero attached hydrogens (tertiary/aromatic N) is 1. The summed E-state index contributed by atoms with van der Waals surface area (Å²) in [4.78, 5) is 11.6. The van der Waals surface area contributed by atoms with E-state index in [0.717, 1.165) is 18.4 Å². The fraction of sp³-hybridized carbons (Fsp3) is 0.273. The summed E-state index contributed by atoms with van der Waals surface area (Å²) in [6, 6.07) is 4.95. The molecule has 0 aromatic heterocycles. The third-order valence-electron chi connectivity index (χ3n) is 2.37. The van der Waals surface area contributed by atoms with Crippen LogP contribution in [0.5, 0.6) is 0 Å². The smallest absolute Gasteiger partial charge is 0.242 e. The number of nitrogens with one attached hydrogen (secondary N) is 1. The molecule has 0 aliphatic heterocycles. The van der Waals surface area contributed by atoms with Crippen molar-refractivity contribution in [3.63, 3.8) is 0 Å². The fourth-order valence-corrected chi connectivity index (χ4v) is 1.59. The van der Waals surface area contributed by atoms with E-state index in [-0.39, 0.29) is 11.3 Å². The molecular formula is C11H11FN2O3S. The summed E-state index contributed by atoms with van der Waals surface area (Å²) in [6.45, 7) is 1.24. The fourth-order valence-electron chi connectivity index (χ4n) is 1.15. The molecule has 0 aliphatic rings. The predicted molar refractivity (Wildman–Crippen MR) is 64.1 cm³/mol. The Morgan fingerprint density at radius 1 is 1.50 bits per heavy atom. The Morgan fingerprint density at radius 3 is 2.61 bits per heavy atom. The topological polar surface area (TPSA) is 87.0 Å². The molecule has 1 unspecified atom stereocenters. The first-order valence-electron chi connectivity index (χ1n) is 4.95. The second-order valence-electron chi connectivity index (χ2n) is 3.76. The predicted octanol–water partition coefficient (Wildman–Crippen LogP) is 1.07. The molecule has 0 aliphatic carbocycles. The average molecular weight is 270 g/mol. The molecule has 7 heteroatoms. The second kappa shape index (κ2) is 5.14. The number of benzene rings is 1. The number of carbonyl (C=O) groups excluding carboxylic acids is 1. The maximum absolute atomic E-state index is 12.9. The highest BCUT2D eigenvalue weighted by molar-refractivity contribution is 7.92. The van der Waals surface area contributed by atoms with Crippen molar-refractivity contribution in [3.05, 3.63) is 29.6 Å². The minimum absolute atomic E-state index is 0.0657. The molecule has 0 saturated carbocycles. The lowest BCUT2D eigenvalue weighted by Gasteiger charge is -2.11. The van der Waals surface area contributed by atoms with Crippen LogP contribution in [0.2, 0.25) is 0 Å². The van der Waals surface area contributed by atoms with Crippen molar-refractivity contribution in [3.8, 4) is 6.07 Å². The van der Waals surface area contributed by atoms with Crippen molar-refractivity contribution in [2.75, 3.05) is 11.6 Å². The molecule has 0 saturated heterocycles. The Balaban J connectivity index is 3.00. The van der Waals surface area contributed by atoms with Gasteiger partial charge in [0.05, 0.1) is 11.3 Å². The Kier molecular flexibility index (Phi) is 4.03. The molecule has 0 spiro atoms. The molecule has 18 heavy (non-hydrogen) atoms. The molecule has 96 valence electrons. The largest absolute Gasteiger partial charge is 0.324 e. The minimum atomic E-state index is -3.52. The van der Waals surface area contributed by atoms with Gasteiger partial charge in [0, 0.05) is 6.26 Å². The lowest BCUT2D eigenvalue weighted by atomic mass is 10.2. The van der Waals surface area contributed by atoms with Crippen LogP contribution in [-0.4, -0.2) is 25.8 Å². The summed E-state index contributed by atoms with van der Waals surface area (Å²) < 4.78 is 35.2.